The first-order valence-corrected chi connectivity index (χ1v) is 13.8. The first-order chi connectivity index (χ1) is 20.4. The summed E-state index contributed by atoms with van der Waals surface area (Å²) in [6.07, 6.45) is 2.80. The van der Waals surface area contributed by atoms with E-state index in [4.69, 9.17) is 29.2 Å². The van der Waals surface area contributed by atoms with Gasteiger partial charge in [-0.25, -0.2) is 4.79 Å². The number of carbonyl (C=O) groups excluding carboxylic acids is 1. The van der Waals surface area contributed by atoms with Gasteiger partial charge >= 0.3 is 6.03 Å². The molecule has 1 aliphatic heterocycles. The van der Waals surface area contributed by atoms with Crippen LogP contribution in [0.4, 0.5) is 10.5 Å². The van der Waals surface area contributed by atoms with Crippen LogP contribution in [0.25, 0.3) is 0 Å². The Bertz CT molecular complexity index is 1540. The number of nitrogens with zero attached hydrogens (tertiary/aromatic N) is 2. The minimum Gasteiger partial charge on any atom is -0.497 e. The summed E-state index contributed by atoms with van der Waals surface area (Å²) in [5.41, 5.74) is 12.3. The lowest BCUT2D eigenvalue weighted by Crippen LogP contribution is -2.46. The zero-order valence-electron chi connectivity index (χ0n) is 24.3. The monoisotopic (exact) mass is 572 g/mol. The Hall–Kier alpha value is -4.86. The van der Waals surface area contributed by atoms with Gasteiger partial charge < -0.3 is 39.4 Å². The Kier molecular flexibility index (Phi) is 8.71. The molecule has 4 aromatic rings. The van der Waals surface area contributed by atoms with Crippen molar-refractivity contribution in [1.29, 1.82) is 0 Å². The number of nitrogen functional groups attached to an aromatic ring is 1. The van der Waals surface area contributed by atoms with E-state index in [-0.39, 0.29) is 18.6 Å². The second-order valence-corrected chi connectivity index (χ2v) is 10.1. The van der Waals surface area contributed by atoms with E-state index in [0.717, 1.165) is 33.6 Å². The number of rotatable bonds is 10. The van der Waals surface area contributed by atoms with Gasteiger partial charge in [0.05, 0.1) is 46.2 Å². The number of anilines is 1. The molecule has 42 heavy (non-hydrogen) atoms. The van der Waals surface area contributed by atoms with Gasteiger partial charge in [-0.1, -0.05) is 17.3 Å². The van der Waals surface area contributed by atoms with Crippen LogP contribution in [0.15, 0.2) is 65.4 Å². The number of hydrogen-bond donors (Lipinski definition) is 2. The normalized spacial score (nSPS) is 14.2. The van der Waals surface area contributed by atoms with Gasteiger partial charge in [0.15, 0.2) is 11.5 Å². The largest absolute Gasteiger partial charge is 0.497 e. The summed E-state index contributed by atoms with van der Waals surface area (Å²) in [5.74, 6) is 2.66. The molecule has 0 spiro atoms. The van der Waals surface area contributed by atoms with Crippen LogP contribution < -0.4 is 30.0 Å². The number of fused-ring (bicyclic) bond motifs is 1. The fourth-order valence-electron chi connectivity index (χ4n) is 5.32. The SMILES string of the molecule is COc1ccc(C2c3cc(OCCc4ccc(N)c(OC)c4)c(OC)cc3CCN2C(=O)NCc2ccon2)c(C)c1. The van der Waals surface area contributed by atoms with E-state index in [1.54, 1.807) is 27.4 Å². The molecule has 1 atom stereocenters. The summed E-state index contributed by atoms with van der Waals surface area (Å²) < 4.78 is 27.7. The summed E-state index contributed by atoms with van der Waals surface area (Å²) >= 11 is 0. The van der Waals surface area contributed by atoms with Crippen LogP contribution >= 0.6 is 0 Å². The number of urea groups is 1. The third kappa shape index (κ3) is 6.07. The predicted octanol–water partition coefficient (Wildman–Crippen LogP) is 5.07. The van der Waals surface area contributed by atoms with Gasteiger partial charge in [0.25, 0.3) is 0 Å². The van der Waals surface area contributed by atoms with Crippen molar-refractivity contribution in [2.45, 2.75) is 32.4 Å². The maximum Gasteiger partial charge on any atom is 0.318 e. The molecule has 0 fully saturated rings. The molecule has 10 heteroatoms. The molecular weight excluding hydrogens is 536 g/mol. The Balaban J connectivity index is 1.46. The minimum atomic E-state index is -0.355. The summed E-state index contributed by atoms with van der Waals surface area (Å²) in [7, 11) is 4.88. The standard InChI is InChI=1S/C32H36N4O6/c1-20-15-24(38-2)6-7-25(20)31-26-18-30(41-13-10-21-5-8-27(33)28(16-21)39-3)29(40-4)17-22(26)9-12-36(31)32(37)34-19-23-11-14-42-35-23/h5-8,11,14-18,31H,9-10,12-13,19,33H2,1-4H3,(H,34,37). The number of ether oxygens (including phenoxy) is 4. The van der Waals surface area contributed by atoms with Crippen molar-refractivity contribution in [3.8, 4) is 23.0 Å². The third-order valence-corrected chi connectivity index (χ3v) is 7.54. The van der Waals surface area contributed by atoms with Crippen molar-refractivity contribution < 1.29 is 28.3 Å². The molecule has 220 valence electrons. The van der Waals surface area contributed by atoms with Crippen LogP contribution in [-0.2, 0) is 19.4 Å². The fraction of sp³-hybridized carbons (Fsp3) is 0.312. The zero-order valence-corrected chi connectivity index (χ0v) is 24.3. The van der Waals surface area contributed by atoms with Crippen LogP contribution in [-0.4, -0.2) is 50.6 Å². The lowest BCUT2D eigenvalue weighted by molar-refractivity contribution is 0.179. The maximum absolute atomic E-state index is 13.6. The van der Waals surface area contributed by atoms with Gasteiger partial charge in [0.1, 0.15) is 23.5 Å². The number of carbonyl (C=O) groups is 1. The molecule has 1 aromatic heterocycles. The summed E-state index contributed by atoms with van der Waals surface area (Å²) in [4.78, 5) is 15.4. The highest BCUT2D eigenvalue weighted by atomic mass is 16.5. The average molecular weight is 573 g/mol. The van der Waals surface area contributed by atoms with E-state index in [2.05, 4.69) is 10.5 Å². The van der Waals surface area contributed by atoms with Crippen molar-refractivity contribution in [3.05, 3.63) is 94.4 Å². The van der Waals surface area contributed by atoms with Crippen LogP contribution in [0.5, 0.6) is 23.0 Å². The quantitative estimate of drug-likeness (QED) is 0.253. The molecule has 0 bridgehead atoms. The van der Waals surface area contributed by atoms with Crippen molar-refractivity contribution >= 4 is 11.7 Å². The van der Waals surface area contributed by atoms with Gasteiger partial charge in [-0.2, -0.15) is 0 Å². The van der Waals surface area contributed by atoms with Crippen molar-refractivity contribution in [2.75, 3.05) is 40.2 Å². The Morgan fingerprint density at radius 3 is 2.55 bits per heavy atom. The molecule has 0 aliphatic carbocycles. The van der Waals surface area contributed by atoms with Gasteiger partial charge in [0, 0.05) is 19.0 Å². The molecule has 2 heterocycles. The molecule has 3 aromatic carbocycles. The number of nitrogens with two attached hydrogens (primary N) is 1. The number of aryl methyl sites for hydroxylation is 1. The molecule has 0 radical (unpaired) electrons. The number of nitrogens with one attached hydrogen (secondary N) is 1. The molecule has 1 unspecified atom stereocenters. The molecule has 0 saturated heterocycles. The van der Waals surface area contributed by atoms with Crippen LogP contribution in [0.1, 0.15) is 39.6 Å². The van der Waals surface area contributed by atoms with Gasteiger partial charge in [-0.05, 0) is 77.6 Å². The van der Waals surface area contributed by atoms with Gasteiger partial charge in [-0.15, -0.1) is 0 Å². The smallest absolute Gasteiger partial charge is 0.318 e. The molecule has 3 N–H and O–H groups in total. The van der Waals surface area contributed by atoms with E-state index in [0.29, 0.717) is 54.6 Å². The highest BCUT2D eigenvalue weighted by molar-refractivity contribution is 5.76. The first-order valence-electron chi connectivity index (χ1n) is 13.8. The van der Waals surface area contributed by atoms with Gasteiger partial charge in [0.2, 0.25) is 0 Å². The Labute approximate surface area is 245 Å². The fourth-order valence-corrected chi connectivity index (χ4v) is 5.32. The zero-order chi connectivity index (χ0) is 29.6. The van der Waals surface area contributed by atoms with Crippen molar-refractivity contribution in [3.63, 3.8) is 0 Å². The lowest BCUT2D eigenvalue weighted by Gasteiger charge is -2.38. The van der Waals surface area contributed by atoms with E-state index < -0.39 is 0 Å². The number of benzene rings is 3. The molecule has 1 aliphatic rings. The molecule has 2 amide bonds. The van der Waals surface area contributed by atoms with Crippen LogP contribution in [0.2, 0.25) is 0 Å². The Morgan fingerprint density at radius 2 is 1.83 bits per heavy atom. The first kappa shape index (κ1) is 28.7. The number of amides is 2. The third-order valence-electron chi connectivity index (χ3n) is 7.54. The Morgan fingerprint density at radius 1 is 1.00 bits per heavy atom. The van der Waals surface area contributed by atoms with Crippen LogP contribution in [0, 0.1) is 6.92 Å². The van der Waals surface area contributed by atoms with E-state index >= 15 is 0 Å². The maximum atomic E-state index is 13.6. The summed E-state index contributed by atoms with van der Waals surface area (Å²) in [5, 5.41) is 6.90. The summed E-state index contributed by atoms with van der Waals surface area (Å²) in [6.45, 7) is 3.23. The number of hydrogen-bond acceptors (Lipinski definition) is 8. The van der Waals surface area contributed by atoms with Crippen molar-refractivity contribution in [2.24, 2.45) is 0 Å². The highest BCUT2D eigenvalue weighted by Gasteiger charge is 2.34. The van der Waals surface area contributed by atoms with E-state index in [1.165, 1.54) is 6.26 Å². The van der Waals surface area contributed by atoms with Crippen molar-refractivity contribution in [1.82, 2.24) is 15.4 Å². The molecule has 10 nitrogen and oxygen atoms in total. The average Bonchev–Trinajstić information content (AvgIpc) is 3.53. The lowest BCUT2D eigenvalue weighted by atomic mass is 9.86. The molecular formula is C32H36N4O6. The highest BCUT2D eigenvalue weighted by Crippen LogP contribution is 2.42. The second-order valence-electron chi connectivity index (χ2n) is 10.1. The number of aromatic nitrogens is 1. The van der Waals surface area contributed by atoms with E-state index in [9.17, 15) is 4.79 Å². The molecule has 5 rings (SSSR count). The van der Waals surface area contributed by atoms with Crippen LogP contribution in [0.3, 0.4) is 0 Å². The number of methoxy groups -OCH3 is 3. The van der Waals surface area contributed by atoms with Gasteiger partial charge in [-0.3, -0.25) is 0 Å². The second kappa shape index (κ2) is 12.8. The summed E-state index contributed by atoms with van der Waals surface area (Å²) in [6, 6.07) is 16.8. The van der Waals surface area contributed by atoms with E-state index in [1.807, 2.05) is 60.4 Å². The topological polar surface area (TPSA) is 121 Å². The predicted molar refractivity (Wildman–Crippen MR) is 158 cm³/mol. The molecule has 0 saturated carbocycles. The minimum absolute atomic E-state index is 0.195.